The molecule has 132 valence electrons. The van der Waals surface area contributed by atoms with Crippen LogP contribution in [0.2, 0.25) is 5.02 Å². The van der Waals surface area contributed by atoms with Gasteiger partial charge in [-0.3, -0.25) is 9.36 Å². The van der Waals surface area contributed by atoms with Crippen LogP contribution in [0.1, 0.15) is 12.0 Å². The fraction of sp³-hybridized carbons (Fsp3) is 0.333. The number of hydrogen-bond acceptors (Lipinski definition) is 6. The maximum atomic E-state index is 12.0. The SMILES string of the molecule is COCCCn1c(SCC(=O)Nc2ccc(C#N)c(Cl)c2)n[nH]c1=O. The number of aromatic amines is 1. The molecule has 2 rings (SSSR count). The van der Waals surface area contributed by atoms with E-state index in [1.165, 1.54) is 16.7 Å². The van der Waals surface area contributed by atoms with E-state index in [9.17, 15) is 9.59 Å². The molecule has 0 saturated carbocycles. The molecule has 0 bridgehead atoms. The van der Waals surface area contributed by atoms with Gasteiger partial charge in [0.05, 0.1) is 16.3 Å². The second-order valence-corrected chi connectivity index (χ2v) is 6.30. The van der Waals surface area contributed by atoms with E-state index in [2.05, 4.69) is 15.5 Å². The van der Waals surface area contributed by atoms with Crippen molar-refractivity contribution < 1.29 is 9.53 Å². The smallest absolute Gasteiger partial charge is 0.343 e. The van der Waals surface area contributed by atoms with E-state index < -0.39 is 0 Å². The summed E-state index contributed by atoms with van der Waals surface area (Å²) >= 11 is 7.08. The first-order chi connectivity index (χ1) is 12.0. The van der Waals surface area contributed by atoms with Gasteiger partial charge in [0.25, 0.3) is 0 Å². The molecule has 0 spiro atoms. The number of nitrogens with one attached hydrogen (secondary N) is 2. The zero-order valence-electron chi connectivity index (χ0n) is 13.4. The monoisotopic (exact) mass is 381 g/mol. The van der Waals surface area contributed by atoms with Gasteiger partial charge in [-0.1, -0.05) is 23.4 Å². The van der Waals surface area contributed by atoms with Gasteiger partial charge < -0.3 is 10.1 Å². The average molecular weight is 382 g/mol. The van der Waals surface area contributed by atoms with E-state index in [0.717, 1.165) is 11.8 Å². The third-order valence-corrected chi connectivity index (χ3v) is 4.45. The van der Waals surface area contributed by atoms with Crippen LogP contribution in [0.15, 0.2) is 28.2 Å². The van der Waals surface area contributed by atoms with Crippen molar-refractivity contribution in [1.29, 1.82) is 5.26 Å². The highest BCUT2D eigenvalue weighted by molar-refractivity contribution is 7.99. The predicted molar refractivity (Wildman–Crippen MR) is 94.9 cm³/mol. The van der Waals surface area contributed by atoms with E-state index in [1.54, 1.807) is 13.2 Å². The first-order valence-corrected chi connectivity index (χ1v) is 8.68. The van der Waals surface area contributed by atoms with E-state index in [1.807, 2.05) is 6.07 Å². The van der Waals surface area contributed by atoms with Gasteiger partial charge >= 0.3 is 5.69 Å². The fourth-order valence-electron chi connectivity index (χ4n) is 1.99. The van der Waals surface area contributed by atoms with Crippen molar-refractivity contribution in [3.05, 3.63) is 39.3 Å². The molecule has 1 heterocycles. The van der Waals surface area contributed by atoms with Gasteiger partial charge in [0.1, 0.15) is 6.07 Å². The Balaban J connectivity index is 1.93. The minimum atomic E-state index is -0.321. The Labute approximate surface area is 153 Å². The van der Waals surface area contributed by atoms with Gasteiger partial charge in [-0.15, -0.1) is 5.10 Å². The van der Waals surface area contributed by atoms with Gasteiger partial charge in [-0.05, 0) is 24.6 Å². The molecular weight excluding hydrogens is 366 g/mol. The zero-order valence-corrected chi connectivity index (χ0v) is 15.0. The van der Waals surface area contributed by atoms with Crippen molar-refractivity contribution in [3.63, 3.8) is 0 Å². The largest absolute Gasteiger partial charge is 0.385 e. The summed E-state index contributed by atoms with van der Waals surface area (Å²) in [5.74, 6) is -0.198. The number of ether oxygens (including phenoxy) is 1. The lowest BCUT2D eigenvalue weighted by Crippen LogP contribution is -2.19. The number of rotatable bonds is 8. The number of carbonyl (C=O) groups excluding carboxylic acids is 1. The van der Waals surface area contributed by atoms with Crippen LogP contribution in [0, 0.1) is 11.3 Å². The van der Waals surface area contributed by atoms with Gasteiger partial charge in [-0.25, -0.2) is 9.89 Å². The van der Waals surface area contributed by atoms with Crippen LogP contribution in [-0.4, -0.2) is 40.1 Å². The predicted octanol–water partition coefficient (Wildman–Crippen LogP) is 1.86. The Kier molecular flexibility index (Phi) is 7.06. The van der Waals surface area contributed by atoms with Crippen LogP contribution < -0.4 is 11.0 Å². The Morgan fingerprint density at radius 3 is 3.04 bits per heavy atom. The number of hydrogen-bond donors (Lipinski definition) is 2. The number of H-pyrrole nitrogens is 1. The fourth-order valence-corrected chi connectivity index (χ4v) is 2.98. The Hall–Kier alpha value is -2.28. The summed E-state index contributed by atoms with van der Waals surface area (Å²) in [5.41, 5.74) is 0.512. The molecular formula is C15H16ClN5O3S. The maximum absolute atomic E-state index is 12.0. The summed E-state index contributed by atoms with van der Waals surface area (Å²) in [6, 6.07) is 6.60. The van der Waals surface area contributed by atoms with Crippen LogP contribution in [0.4, 0.5) is 5.69 Å². The number of carbonyl (C=O) groups is 1. The van der Waals surface area contributed by atoms with Crippen molar-refractivity contribution >= 4 is 35.0 Å². The van der Waals surface area contributed by atoms with Crippen molar-refractivity contribution in [2.24, 2.45) is 0 Å². The topological polar surface area (TPSA) is 113 Å². The van der Waals surface area contributed by atoms with Crippen molar-refractivity contribution in [2.75, 3.05) is 24.8 Å². The highest BCUT2D eigenvalue weighted by Crippen LogP contribution is 2.21. The molecule has 0 aliphatic carbocycles. The summed E-state index contributed by atoms with van der Waals surface area (Å²) in [5, 5.41) is 18.5. The Morgan fingerprint density at radius 1 is 1.56 bits per heavy atom. The number of anilines is 1. The number of aromatic nitrogens is 3. The molecule has 8 nitrogen and oxygen atoms in total. The number of amides is 1. The van der Waals surface area contributed by atoms with Crippen LogP contribution in [0.25, 0.3) is 0 Å². The number of nitriles is 1. The van der Waals surface area contributed by atoms with Gasteiger partial charge in [0.2, 0.25) is 5.91 Å². The second-order valence-electron chi connectivity index (χ2n) is 4.95. The lowest BCUT2D eigenvalue weighted by atomic mass is 10.2. The molecule has 1 amide bonds. The Bertz CT molecular complexity index is 842. The number of benzene rings is 1. The third-order valence-electron chi connectivity index (χ3n) is 3.16. The van der Waals surface area contributed by atoms with Crippen molar-refractivity contribution in [1.82, 2.24) is 14.8 Å². The van der Waals surface area contributed by atoms with Gasteiger partial charge in [0.15, 0.2) is 5.16 Å². The molecule has 2 N–H and O–H groups in total. The minimum Gasteiger partial charge on any atom is -0.385 e. The van der Waals surface area contributed by atoms with Gasteiger partial charge in [0, 0.05) is 25.9 Å². The van der Waals surface area contributed by atoms with Crippen LogP contribution >= 0.6 is 23.4 Å². The molecule has 1 aromatic carbocycles. The summed E-state index contributed by atoms with van der Waals surface area (Å²) < 4.78 is 6.43. The van der Waals surface area contributed by atoms with Crippen LogP contribution in [-0.2, 0) is 16.1 Å². The summed E-state index contributed by atoms with van der Waals surface area (Å²) in [4.78, 5) is 23.8. The van der Waals surface area contributed by atoms with Crippen molar-refractivity contribution in [2.45, 2.75) is 18.1 Å². The first kappa shape index (κ1) is 19.1. The number of thioether (sulfide) groups is 1. The lowest BCUT2D eigenvalue weighted by molar-refractivity contribution is -0.113. The summed E-state index contributed by atoms with van der Waals surface area (Å²) in [7, 11) is 1.59. The molecule has 0 atom stereocenters. The third kappa shape index (κ3) is 5.35. The molecule has 0 radical (unpaired) electrons. The molecule has 0 aliphatic rings. The molecule has 0 unspecified atom stereocenters. The first-order valence-electron chi connectivity index (χ1n) is 7.31. The molecule has 0 saturated heterocycles. The van der Waals surface area contributed by atoms with Gasteiger partial charge in [-0.2, -0.15) is 5.26 Å². The molecule has 25 heavy (non-hydrogen) atoms. The quantitative estimate of drug-likeness (QED) is 0.533. The molecule has 1 aromatic heterocycles. The molecule has 2 aromatic rings. The Morgan fingerprint density at radius 2 is 2.36 bits per heavy atom. The molecule has 0 fully saturated rings. The van der Waals surface area contributed by atoms with Crippen LogP contribution in [0.3, 0.4) is 0 Å². The highest BCUT2D eigenvalue weighted by Gasteiger charge is 2.12. The molecule has 10 heteroatoms. The van der Waals surface area contributed by atoms with E-state index in [4.69, 9.17) is 21.6 Å². The summed E-state index contributed by atoms with van der Waals surface area (Å²) in [6.45, 7) is 0.986. The lowest BCUT2D eigenvalue weighted by Gasteiger charge is -2.07. The average Bonchev–Trinajstić information content (AvgIpc) is 2.94. The summed E-state index contributed by atoms with van der Waals surface area (Å²) in [6.07, 6.45) is 0.666. The normalized spacial score (nSPS) is 10.4. The second kappa shape index (κ2) is 9.27. The van der Waals surface area contributed by atoms with Crippen molar-refractivity contribution in [3.8, 4) is 6.07 Å². The standard InChI is InChI=1S/C15H16ClN5O3S/c1-24-6-2-5-21-14(23)19-20-15(21)25-9-13(22)18-11-4-3-10(8-17)12(16)7-11/h3-4,7H,2,5-6,9H2,1H3,(H,18,22)(H,19,23). The van der Waals surface area contributed by atoms with E-state index >= 15 is 0 Å². The zero-order chi connectivity index (χ0) is 18.2. The molecule has 0 aliphatic heterocycles. The highest BCUT2D eigenvalue weighted by atomic mass is 35.5. The van der Waals surface area contributed by atoms with E-state index in [-0.39, 0.29) is 22.4 Å². The number of methoxy groups -OCH3 is 1. The maximum Gasteiger partial charge on any atom is 0.343 e. The number of halogens is 1. The minimum absolute atomic E-state index is 0.0756. The number of nitrogens with zero attached hydrogens (tertiary/aromatic N) is 3. The van der Waals surface area contributed by atoms with E-state index in [0.29, 0.717) is 36.0 Å². The van der Waals surface area contributed by atoms with Crippen LogP contribution in [0.5, 0.6) is 0 Å².